The third-order valence-electron chi connectivity index (χ3n) is 5.59. The zero-order valence-corrected chi connectivity index (χ0v) is 17.1. The smallest absolute Gasteiger partial charge is 0.328 e. The first kappa shape index (κ1) is 20.5. The van der Waals surface area contributed by atoms with Gasteiger partial charge in [0.1, 0.15) is 0 Å². The van der Waals surface area contributed by atoms with Crippen LogP contribution in [0.25, 0.3) is 10.9 Å². The van der Waals surface area contributed by atoms with E-state index < -0.39 is 11.9 Å². The Balaban J connectivity index is 0.000000242. The highest BCUT2D eigenvalue weighted by Crippen LogP contribution is 2.46. The highest BCUT2D eigenvalue weighted by molar-refractivity contribution is 7.98. The number of fused-ring (bicyclic) bond motifs is 2. The average Bonchev–Trinajstić information content (AvgIpc) is 3.00. The number of rotatable bonds is 3. The monoisotopic (exact) mass is 402 g/mol. The van der Waals surface area contributed by atoms with Crippen molar-refractivity contribution in [1.82, 2.24) is 9.88 Å². The lowest BCUT2D eigenvalue weighted by atomic mass is 9.73. The van der Waals surface area contributed by atoms with Gasteiger partial charge in [-0.3, -0.25) is 0 Å². The Morgan fingerprint density at radius 2 is 1.93 bits per heavy atom. The van der Waals surface area contributed by atoms with E-state index in [1.54, 1.807) is 11.1 Å². The molecule has 4 rings (SSSR count). The van der Waals surface area contributed by atoms with E-state index in [0.29, 0.717) is 24.1 Å². The number of nitrogens with one attached hydrogen (secondary N) is 1. The van der Waals surface area contributed by atoms with Crippen molar-refractivity contribution in [3.05, 3.63) is 41.5 Å². The minimum Gasteiger partial charge on any atom is -0.478 e. The van der Waals surface area contributed by atoms with Crippen LogP contribution in [-0.2, 0) is 16.0 Å². The number of aromatic amines is 1. The van der Waals surface area contributed by atoms with Crippen LogP contribution < -0.4 is 0 Å². The van der Waals surface area contributed by atoms with Gasteiger partial charge in [-0.15, -0.1) is 11.8 Å². The van der Waals surface area contributed by atoms with Crippen molar-refractivity contribution in [1.29, 1.82) is 0 Å². The molecule has 1 saturated heterocycles. The fourth-order valence-corrected chi connectivity index (χ4v) is 5.23. The first-order chi connectivity index (χ1) is 13.3. The highest BCUT2D eigenvalue weighted by atomic mass is 32.2. The lowest BCUT2D eigenvalue weighted by Gasteiger charge is -2.45. The van der Waals surface area contributed by atoms with E-state index in [-0.39, 0.29) is 0 Å². The van der Waals surface area contributed by atoms with Gasteiger partial charge in [-0.1, -0.05) is 19.1 Å². The van der Waals surface area contributed by atoms with Gasteiger partial charge >= 0.3 is 11.9 Å². The summed E-state index contributed by atoms with van der Waals surface area (Å²) in [5, 5.41) is 18.5. The van der Waals surface area contributed by atoms with E-state index >= 15 is 0 Å². The Kier molecular flexibility index (Phi) is 6.15. The number of nitrogens with zero attached hydrogens (tertiary/aromatic N) is 1. The fourth-order valence-electron chi connectivity index (χ4n) is 4.58. The van der Waals surface area contributed by atoms with Crippen molar-refractivity contribution in [3.63, 3.8) is 0 Å². The maximum absolute atomic E-state index is 9.55. The lowest BCUT2D eigenvalue weighted by Crippen LogP contribution is -2.47. The topological polar surface area (TPSA) is 93.6 Å². The predicted octanol–water partition coefficient (Wildman–Crippen LogP) is 3.58. The summed E-state index contributed by atoms with van der Waals surface area (Å²) in [4.78, 5) is 25.3. The number of aliphatic carboxylic acids is 2. The van der Waals surface area contributed by atoms with Crippen molar-refractivity contribution in [2.24, 2.45) is 5.92 Å². The van der Waals surface area contributed by atoms with Gasteiger partial charge in [0.2, 0.25) is 0 Å². The summed E-state index contributed by atoms with van der Waals surface area (Å²) in [6.45, 7) is 3.64. The van der Waals surface area contributed by atoms with Gasteiger partial charge < -0.3 is 20.1 Å². The molecule has 6 nitrogen and oxygen atoms in total. The standard InChI is InChI=1S/C17H22N2S.C4H4O4/c1-10-7-12-11-5-4-6-14-16(11)13(17(18-14)20-3)8-15(12)19(2)9-10;5-3(6)1-2-4(7)8/h4-6,10,12,15,18H,7-9H2,1-3H3;1-2H,(H,5,6)(H,7,8)/b;2-1-/t10-,12?,15+;/m0./s1. The molecule has 0 saturated carbocycles. The van der Waals surface area contributed by atoms with Crippen molar-refractivity contribution < 1.29 is 19.8 Å². The second-order valence-electron chi connectivity index (χ2n) is 7.57. The minimum atomic E-state index is -1.26. The van der Waals surface area contributed by atoms with E-state index in [1.807, 2.05) is 11.8 Å². The zero-order chi connectivity index (χ0) is 20.4. The van der Waals surface area contributed by atoms with Gasteiger partial charge in [-0.25, -0.2) is 9.59 Å². The summed E-state index contributed by atoms with van der Waals surface area (Å²) in [6.07, 6.45) is 5.85. The number of piperidine rings is 1. The molecule has 2 aromatic rings. The van der Waals surface area contributed by atoms with Crippen LogP contribution in [-0.4, -0.2) is 57.9 Å². The Morgan fingerprint density at radius 3 is 2.54 bits per heavy atom. The number of carbonyl (C=O) groups is 2. The summed E-state index contributed by atoms with van der Waals surface area (Å²) in [5.74, 6) is -0.998. The Bertz CT molecular complexity index is 905. The fraction of sp³-hybridized carbons (Fsp3) is 0.429. The molecule has 0 spiro atoms. The van der Waals surface area contributed by atoms with Crippen LogP contribution in [0.4, 0.5) is 0 Å². The van der Waals surface area contributed by atoms with Crippen molar-refractivity contribution >= 4 is 34.6 Å². The molecule has 1 fully saturated rings. The minimum absolute atomic E-state index is 0.558. The molecule has 0 radical (unpaired) electrons. The van der Waals surface area contributed by atoms with Crippen LogP contribution in [0.5, 0.6) is 0 Å². The second kappa shape index (κ2) is 8.41. The molecule has 2 aliphatic rings. The molecule has 1 aromatic heterocycles. The number of aromatic nitrogens is 1. The van der Waals surface area contributed by atoms with Crippen molar-refractivity contribution in [2.45, 2.75) is 36.8 Å². The van der Waals surface area contributed by atoms with Crippen LogP contribution in [0.1, 0.15) is 30.4 Å². The SMILES string of the molecule is CSc1[nH]c2cccc3c2c1C[C@@H]1C3C[C@H](C)CN1C.O=C(O)/C=C\C(=O)O. The van der Waals surface area contributed by atoms with Gasteiger partial charge in [-0.2, -0.15) is 0 Å². The van der Waals surface area contributed by atoms with Gasteiger partial charge in [0, 0.05) is 41.6 Å². The molecule has 3 N–H and O–H groups in total. The number of hydrogen-bond acceptors (Lipinski definition) is 4. The third kappa shape index (κ3) is 4.10. The average molecular weight is 403 g/mol. The number of H-pyrrole nitrogens is 1. The lowest BCUT2D eigenvalue weighted by molar-refractivity contribution is -0.134. The second-order valence-corrected chi connectivity index (χ2v) is 8.39. The van der Waals surface area contributed by atoms with E-state index in [0.717, 1.165) is 5.92 Å². The summed E-state index contributed by atoms with van der Waals surface area (Å²) in [6, 6.07) is 7.51. The number of hydrogen-bond donors (Lipinski definition) is 3. The van der Waals surface area contributed by atoms with Gasteiger partial charge in [0.25, 0.3) is 0 Å². The van der Waals surface area contributed by atoms with Gasteiger partial charge in [-0.05, 0) is 49.3 Å². The third-order valence-corrected chi connectivity index (χ3v) is 6.35. The number of benzene rings is 1. The van der Waals surface area contributed by atoms with E-state index in [4.69, 9.17) is 10.2 Å². The first-order valence-electron chi connectivity index (χ1n) is 9.33. The predicted molar refractivity (Wildman–Crippen MR) is 111 cm³/mol. The zero-order valence-electron chi connectivity index (χ0n) is 16.3. The van der Waals surface area contributed by atoms with Crippen LogP contribution in [0, 0.1) is 5.92 Å². The quantitative estimate of drug-likeness (QED) is 0.537. The number of carboxylic acids is 2. The number of likely N-dealkylation sites (N-methyl/N-ethyl adjacent to an activating group) is 1. The molecule has 3 atom stereocenters. The molecule has 1 aromatic carbocycles. The Hall–Kier alpha value is -2.25. The number of likely N-dealkylation sites (tertiary alicyclic amines) is 1. The van der Waals surface area contributed by atoms with Crippen LogP contribution in [0.3, 0.4) is 0 Å². The molecule has 0 amide bonds. The molecule has 2 heterocycles. The molecular weight excluding hydrogens is 376 g/mol. The molecule has 1 aliphatic carbocycles. The molecular formula is C21H26N2O4S. The summed E-state index contributed by atoms with van der Waals surface area (Å²) in [7, 11) is 2.31. The van der Waals surface area contributed by atoms with Crippen LogP contribution in [0.2, 0.25) is 0 Å². The first-order valence-corrected chi connectivity index (χ1v) is 10.6. The molecule has 1 aliphatic heterocycles. The maximum atomic E-state index is 9.55. The molecule has 7 heteroatoms. The summed E-state index contributed by atoms with van der Waals surface area (Å²) < 4.78 is 0. The number of thioether (sulfide) groups is 1. The normalized spacial score (nSPS) is 23.9. The van der Waals surface area contributed by atoms with Gasteiger partial charge in [0.15, 0.2) is 0 Å². The van der Waals surface area contributed by atoms with E-state index in [1.165, 1.54) is 35.3 Å². The molecule has 28 heavy (non-hydrogen) atoms. The van der Waals surface area contributed by atoms with E-state index in [2.05, 4.69) is 48.3 Å². The van der Waals surface area contributed by atoms with Crippen LogP contribution >= 0.6 is 11.8 Å². The highest BCUT2D eigenvalue weighted by Gasteiger charge is 2.39. The number of carboxylic acid groups (broad SMARTS) is 2. The summed E-state index contributed by atoms with van der Waals surface area (Å²) >= 11 is 1.86. The maximum Gasteiger partial charge on any atom is 0.328 e. The van der Waals surface area contributed by atoms with Crippen molar-refractivity contribution in [2.75, 3.05) is 19.8 Å². The largest absolute Gasteiger partial charge is 0.478 e. The Labute approximate surface area is 168 Å². The van der Waals surface area contributed by atoms with E-state index in [9.17, 15) is 9.59 Å². The molecule has 150 valence electrons. The Morgan fingerprint density at radius 1 is 1.25 bits per heavy atom. The van der Waals surface area contributed by atoms with Crippen molar-refractivity contribution in [3.8, 4) is 0 Å². The van der Waals surface area contributed by atoms with Crippen LogP contribution in [0.15, 0.2) is 35.4 Å². The molecule has 0 bridgehead atoms. The van der Waals surface area contributed by atoms with Gasteiger partial charge in [0.05, 0.1) is 5.03 Å². The summed E-state index contributed by atoms with van der Waals surface area (Å²) in [5.41, 5.74) is 4.48. The molecule has 1 unspecified atom stereocenters.